The number of carbonyl (C=O) groups is 2. The fourth-order valence-corrected chi connectivity index (χ4v) is 3.76. The molecule has 7 heteroatoms. The molecule has 142 valence electrons. The number of benzene rings is 2. The number of hydrogen-bond donors (Lipinski definition) is 1. The van der Waals surface area contributed by atoms with Crippen LogP contribution in [0.2, 0.25) is 0 Å². The summed E-state index contributed by atoms with van der Waals surface area (Å²) in [5, 5.41) is 5.79. The minimum atomic E-state index is -0.692. The molecule has 3 aromatic rings. The minimum absolute atomic E-state index is 0.0921. The first-order valence-corrected chi connectivity index (χ1v) is 9.78. The smallest absolute Gasteiger partial charge is 0.265 e. The van der Waals surface area contributed by atoms with Crippen molar-refractivity contribution in [3.05, 3.63) is 58.9 Å². The van der Waals surface area contributed by atoms with Gasteiger partial charge in [-0.3, -0.25) is 14.5 Å². The SMILES string of the molecule is Cc1nc(-c2ccc3c(c2)N(C(C)C(=O)Nc2ccccc2)C(=O)CO3)cs1. The Bertz CT molecular complexity index is 1030. The van der Waals surface area contributed by atoms with Gasteiger partial charge in [-0.25, -0.2) is 4.98 Å². The first-order chi connectivity index (χ1) is 13.5. The Morgan fingerprint density at radius 3 is 2.75 bits per heavy atom. The van der Waals surface area contributed by atoms with Gasteiger partial charge in [0.1, 0.15) is 11.8 Å². The molecule has 0 spiro atoms. The van der Waals surface area contributed by atoms with E-state index in [9.17, 15) is 9.59 Å². The summed E-state index contributed by atoms with van der Waals surface area (Å²) in [7, 11) is 0. The van der Waals surface area contributed by atoms with Gasteiger partial charge in [0, 0.05) is 16.6 Å². The first kappa shape index (κ1) is 18.2. The molecule has 2 heterocycles. The highest BCUT2D eigenvalue weighted by molar-refractivity contribution is 7.09. The van der Waals surface area contributed by atoms with Crippen LogP contribution in [-0.2, 0) is 9.59 Å². The predicted molar refractivity (Wildman–Crippen MR) is 110 cm³/mol. The second-order valence-electron chi connectivity index (χ2n) is 6.52. The number of aromatic nitrogens is 1. The van der Waals surface area contributed by atoms with Crippen molar-refractivity contribution >= 4 is 34.5 Å². The number of nitrogens with one attached hydrogen (secondary N) is 1. The minimum Gasteiger partial charge on any atom is -0.482 e. The van der Waals surface area contributed by atoms with Crippen molar-refractivity contribution in [2.75, 3.05) is 16.8 Å². The second kappa shape index (κ2) is 7.44. The molecule has 6 nitrogen and oxygen atoms in total. The lowest BCUT2D eigenvalue weighted by Gasteiger charge is -2.33. The molecular weight excluding hydrogens is 374 g/mol. The maximum absolute atomic E-state index is 12.8. The topological polar surface area (TPSA) is 71.5 Å². The molecular formula is C21H19N3O3S. The van der Waals surface area contributed by atoms with E-state index < -0.39 is 6.04 Å². The molecule has 0 fully saturated rings. The van der Waals surface area contributed by atoms with Gasteiger partial charge in [0.15, 0.2) is 6.61 Å². The summed E-state index contributed by atoms with van der Waals surface area (Å²) in [6, 6.07) is 14.1. The fourth-order valence-electron chi connectivity index (χ4n) is 3.14. The largest absolute Gasteiger partial charge is 0.482 e. The molecule has 2 amide bonds. The number of fused-ring (bicyclic) bond motifs is 1. The number of anilines is 2. The highest BCUT2D eigenvalue weighted by Crippen LogP contribution is 2.37. The lowest BCUT2D eigenvalue weighted by molar-refractivity contribution is -0.125. The molecule has 1 aliphatic heterocycles. The summed E-state index contributed by atoms with van der Waals surface area (Å²) < 4.78 is 5.57. The standard InChI is InChI=1S/C21H19N3O3S/c1-13(21(26)23-16-6-4-3-5-7-16)24-18-10-15(17-12-28-14(2)22-17)8-9-19(18)27-11-20(24)25/h3-10,12-13H,11H2,1-2H3,(H,23,26). The number of carbonyl (C=O) groups excluding carboxylic acids is 2. The predicted octanol–water partition coefficient (Wildman–Crippen LogP) is 3.87. The summed E-state index contributed by atoms with van der Waals surface area (Å²) in [6.07, 6.45) is 0. The van der Waals surface area contributed by atoms with Crippen LogP contribution in [0.1, 0.15) is 11.9 Å². The Kier molecular flexibility index (Phi) is 4.83. The quantitative estimate of drug-likeness (QED) is 0.730. The van der Waals surface area contributed by atoms with Gasteiger partial charge in [-0.1, -0.05) is 18.2 Å². The molecule has 0 bridgehead atoms. The fraction of sp³-hybridized carbons (Fsp3) is 0.190. The molecule has 0 radical (unpaired) electrons. The van der Waals surface area contributed by atoms with E-state index >= 15 is 0 Å². The summed E-state index contributed by atoms with van der Waals surface area (Å²) in [6.45, 7) is 3.57. The second-order valence-corrected chi connectivity index (χ2v) is 7.58. The number of para-hydroxylation sites is 1. The number of hydrogen-bond acceptors (Lipinski definition) is 5. The molecule has 0 saturated heterocycles. The molecule has 0 saturated carbocycles. The number of ether oxygens (including phenoxy) is 1. The van der Waals surface area contributed by atoms with Crippen molar-refractivity contribution in [2.45, 2.75) is 19.9 Å². The van der Waals surface area contributed by atoms with Crippen molar-refractivity contribution in [1.82, 2.24) is 4.98 Å². The molecule has 4 rings (SSSR count). The van der Waals surface area contributed by atoms with Crippen LogP contribution >= 0.6 is 11.3 Å². The van der Waals surface area contributed by atoms with Crippen LogP contribution in [0.15, 0.2) is 53.9 Å². The maximum Gasteiger partial charge on any atom is 0.265 e. The molecule has 2 aromatic carbocycles. The van der Waals surface area contributed by atoms with E-state index in [0.717, 1.165) is 16.3 Å². The average Bonchev–Trinajstić information content (AvgIpc) is 3.14. The number of thiazole rings is 1. The summed E-state index contributed by atoms with van der Waals surface area (Å²) in [4.78, 5) is 31.4. The highest BCUT2D eigenvalue weighted by atomic mass is 32.1. The Morgan fingerprint density at radius 1 is 1.25 bits per heavy atom. The zero-order valence-corrected chi connectivity index (χ0v) is 16.3. The van der Waals surface area contributed by atoms with Crippen molar-refractivity contribution in [3.8, 4) is 17.0 Å². The van der Waals surface area contributed by atoms with Crippen molar-refractivity contribution < 1.29 is 14.3 Å². The van der Waals surface area contributed by atoms with Crippen molar-refractivity contribution in [3.63, 3.8) is 0 Å². The number of rotatable bonds is 4. The Balaban J connectivity index is 1.66. The molecule has 1 aromatic heterocycles. The summed E-state index contributed by atoms with van der Waals surface area (Å²) in [5.74, 6) is 0.0618. The third-order valence-electron chi connectivity index (χ3n) is 4.56. The summed E-state index contributed by atoms with van der Waals surface area (Å²) >= 11 is 1.56. The van der Waals surface area contributed by atoms with E-state index in [-0.39, 0.29) is 18.4 Å². The lowest BCUT2D eigenvalue weighted by atomic mass is 10.1. The Morgan fingerprint density at radius 2 is 2.04 bits per heavy atom. The van der Waals surface area contributed by atoms with Crippen LogP contribution < -0.4 is 15.0 Å². The lowest BCUT2D eigenvalue weighted by Crippen LogP contribution is -2.49. The third kappa shape index (κ3) is 3.48. The Hall–Kier alpha value is -3.19. The monoisotopic (exact) mass is 393 g/mol. The van der Waals surface area contributed by atoms with Gasteiger partial charge in [0.25, 0.3) is 5.91 Å². The van der Waals surface area contributed by atoms with Crippen LogP contribution in [-0.4, -0.2) is 29.4 Å². The van der Waals surface area contributed by atoms with E-state index in [1.54, 1.807) is 18.3 Å². The molecule has 1 unspecified atom stereocenters. The van der Waals surface area contributed by atoms with E-state index in [1.807, 2.05) is 60.8 Å². The summed E-state index contributed by atoms with van der Waals surface area (Å²) in [5.41, 5.74) is 2.98. The van der Waals surface area contributed by atoms with Gasteiger partial charge in [0.05, 0.1) is 16.4 Å². The first-order valence-electron chi connectivity index (χ1n) is 8.90. The molecule has 1 N–H and O–H groups in total. The van der Waals surface area contributed by atoms with Gasteiger partial charge >= 0.3 is 0 Å². The van der Waals surface area contributed by atoms with Gasteiger partial charge in [-0.2, -0.15) is 0 Å². The van der Waals surface area contributed by atoms with Crippen molar-refractivity contribution in [2.24, 2.45) is 0 Å². The van der Waals surface area contributed by atoms with Crippen LogP contribution in [0.25, 0.3) is 11.3 Å². The van der Waals surface area contributed by atoms with Gasteiger partial charge in [-0.15, -0.1) is 11.3 Å². The maximum atomic E-state index is 12.8. The zero-order valence-electron chi connectivity index (χ0n) is 15.5. The van der Waals surface area contributed by atoms with Crippen LogP contribution in [0.3, 0.4) is 0 Å². The molecule has 0 aliphatic carbocycles. The van der Waals surface area contributed by atoms with E-state index in [0.29, 0.717) is 17.1 Å². The molecule has 1 atom stereocenters. The van der Waals surface area contributed by atoms with E-state index in [2.05, 4.69) is 10.3 Å². The van der Waals surface area contributed by atoms with Crippen LogP contribution in [0.4, 0.5) is 11.4 Å². The molecule has 28 heavy (non-hydrogen) atoms. The van der Waals surface area contributed by atoms with Gasteiger partial charge in [0.2, 0.25) is 5.91 Å². The average molecular weight is 393 g/mol. The zero-order chi connectivity index (χ0) is 19.7. The normalized spacial score (nSPS) is 14.2. The van der Waals surface area contributed by atoms with E-state index in [1.165, 1.54) is 4.90 Å². The Labute approximate surface area is 166 Å². The van der Waals surface area contributed by atoms with Crippen LogP contribution in [0, 0.1) is 6.92 Å². The number of amides is 2. The van der Waals surface area contributed by atoms with Crippen LogP contribution in [0.5, 0.6) is 5.75 Å². The van der Waals surface area contributed by atoms with Gasteiger partial charge < -0.3 is 10.1 Å². The van der Waals surface area contributed by atoms with Crippen molar-refractivity contribution in [1.29, 1.82) is 0 Å². The number of nitrogens with zero attached hydrogens (tertiary/aromatic N) is 2. The van der Waals surface area contributed by atoms with Gasteiger partial charge in [-0.05, 0) is 44.2 Å². The van der Waals surface area contributed by atoms with E-state index in [4.69, 9.17) is 4.74 Å². The number of aryl methyl sites for hydroxylation is 1. The highest BCUT2D eigenvalue weighted by Gasteiger charge is 2.33. The third-order valence-corrected chi connectivity index (χ3v) is 5.33. The molecule has 1 aliphatic rings.